The molecule has 2 aromatic carbocycles. The molecule has 162 valence electrons. The van der Waals surface area contributed by atoms with E-state index in [1.807, 2.05) is 24.3 Å². The summed E-state index contributed by atoms with van der Waals surface area (Å²) in [5.74, 6) is -0.176. The summed E-state index contributed by atoms with van der Waals surface area (Å²) in [5, 5.41) is 12.9. The Morgan fingerprint density at radius 1 is 1.03 bits per heavy atom. The summed E-state index contributed by atoms with van der Waals surface area (Å²) in [7, 11) is 0. The minimum absolute atomic E-state index is 0.154. The number of aromatic nitrogens is 3. The Balaban J connectivity index is 1.47. The Morgan fingerprint density at radius 2 is 1.84 bits per heavy atom. The number of anilines is 1. The Morgan fingerprint density at radius 3 is 2.66 bits per heavy atom. The van der Waals surface area contributed by atoms with Crippen LogP contribution >= 0.6 is 0 Å². The van der Waals surface area contributed by atoms with Crippen molar-refractivity contribution in [2.24, 2.45) is 0 Å². The lowest BCUT2D eigenvalue weighted by atomic mass is 9.93. The molecule has 0 spiro atoms. The van der Waals surface area contributed by atoms with Crippen molar-refractivity contribution in [1.82, 2.24) is 14.5 Å². The summed E-state index contributed by atoms with van der Waals surface area (Å²) >= 11 is 0. The molecule has 1 saturated carbocycles. The predicted molar refractivity (Wildman–Crippen MR) is 121 cm³/mol. The van der Waals surface area contributed by atoms with Crippen LogP contribution in [-0.4, -0.2) is 31.7 Å². The van der Waals surface area contributed by atoms with Gasteiger partial charge >= 0.3 is 0 Å². The first-order chi connectivity index (χ1) is 15.6. The van der Waals surface area contributed by atoms with Crippen LogP contribution in [0, 0.1) is 5.82 Å². The van der Waals surface area contributed by atoms with Gasteiger partial charge < -0.3 is 9.67 Å². The van der Waals surface area contributed by atoms with E-state index in [4.69, 9.17) is 0 Å². The molecule has 2 N–H and O–H groups in total. The number of imidazole rings is 1. The number of benzene rings is 2. The molecule has 1 aliphatic rings. The number of rotatable bonds is 4. The van der Waals surface area contributed by atoms with Crippen LogP contribution in [0.3, 0.4) is 0 Å². The van der Waals surface area contributed by atoms with Crippen molar-refractivity contribution in [3.8, 4) is 11.3 Å². The van der Waals surface area contributed by atoms with Crippen molar-refractivity contribution in [3.63, 3.8) is 0 Å². The number of carbonyl (C=O) groups excluding carboxylic acids is 1. The molecular weight excluding hydrogens is 407 g/mol. The summed E-state index contributed by atoms with van der Waals surface area (Å²) in [6.07, 6.45) is 4.38. The lowest BCUT2D eigenvalue weighted by Gasteiger charge is -2.28. The third-order valence-electron chi connectivity index (χ3n) is 6.00. The van der Waals surface area contributed by atoms with Gasteiger partial charge in [0, 0.05) is 23.4 Å². The fraction of sp³-hybridized carbons (Fsp3) is 0.240. The van der Waals surface area contributed by atoms with Crippen molar-refractivity contribution in [2.75, 3.05) is 5.32 Å². The zero-order valence-electron chi connectivity index (χ0n) is 17.4. The minimum atomic E-state index is -0.356. The molecule has 0 atom stereocenters. The maximum Gasteiger partial charge on any atom is 0.258 e. The van der Waals surface area contributed by atoms with Gasteiger partial charge in [0.2, 0.25) is 5.95 Å². The third-order valence-corrected chi connectivity index (χ3v) is 6.00. The van der Waals surface area contributed by atoms with Crippen LogP contribution < -0.4 is 5.32 Å². The Hall–Kier alpha value is -3.58. The van der Waals surface area contributed by atoms with Gasteiger partial charge in [0.25, 0.3) is 5.91 Å². The molecule has 32 heavy (non-hydrogen) atoms. The molecule has 0 bridgehead atoms. The van der Waals surface area contributed by atoms with Crippen molar-refractivity contribution >= 4 is 22.9 Å². The molecule has 2 heterocycles. The molecule has 1 amide bonds. The van der Waals surface area contributed by atoms with E-state index < -0.39 is 0 Å². The standard InChI is InChI=1S/C25H23FN4O2/c26-18-5-3-4-16(14-18)22-15-17(12-13-27-22)24(32)29-25-28-21-6-1-2-7-23(21)30(25)19-8-10-20(31)11-9-19/h1-7,12-15,19-20,31H,8-11H2,(H,28,29,32). The van der Waals surface area contributed by atoms with Gasteiger partial charge in [0.15, 0.2) is 0 Å². The molecule has 0 aliphatic heterocycles. The number of aliphatic hydroxyl groups is 1. The first-order valence-corrected chi connectivity index (χ1v) is 10.8. The first-order valence-electron chi connectivity index (χ1n) is 10.8. The maximum atomic E-state index is 13.6. The normalized spacial score (nSPS) is 18.6. The smallest absolute Gasteiger partial charge is 0.258 e. The summed E-state index contributed by atoms with van der Waals surface area (Å²) in [5.41, 5.74) is 3.31. The Labute approximate surface area is 184 Å². The molecule has 6 nitrogen and oxygen atoms in total. The second kappa shape index (κ2) is 8.51. The van der Waals surface area contributed by atoms with Crippen molar-refractivity contribution in [3.05, 3.63) is 78.2 Å². The topological polar surface area (TPSA) is 80.0 Å². The van der Waals surface area contributed by atoms with Gasteiger partial charge in [0.05, 0.1) is 22.8 Å². The van der Waals surface area contributed by atoms with Crippen LogP contribution in [0.15, 0.2) is 66.9 Å². The lowest BCUT2D eigenvalue weighted by Crippen LogP contribution is -2.23. The average Bonchev–Trinajstić information content (AvgIpc) is 3.17. The SMILES string of the molecule is O=C(Nc1nc2ccccc2n1C1CCC(O)CC1)c1ccnc(-c2cccc(F)c2)c1. The number of fused-ring (bicyclic) bond motifs is 1. The van der Waals surface area contributed by atoms with Crippen LogP contribution in [0.5, 0.6) is 0 Å². The van der Waals surface area contributed by atoms with E-state index in [-0.39, 0.29) is 23.9 Å². The van der Waals surface area contributed by atoms with E-state index in [2.05, 4.69) is 19.9 Å². The zero-order valence-corrected chi connectivity index (χ0v) is 17.4. The molecule has 2 aromatic heterocycles. The number of para-hydroxylation sites is 2. The highest BCUT2D eigenvalue weighted by atomic mass is 19.1. The quantitative estimate of drug-likeness (QED) is 0.479. The molecule has 7 heteroatoms. The number of hydrogen-bond acceptors (Lipinski definition) is 4. The third kappa shape index (κ3) is 3.99. The molecule has 1 aliphatic carbocycles. The Kier molecular flexibility index (Phi) is 5.41. The number of amides is 1. The number of pyridine rings is 1. The van der Waals surface area contributed by atoms with Gasteiger partial charge in [-0.25, -0.2) is 9.37 Å². The van der Waals surface area contributed by atoms with Crippen LogP contribution in [-0.2, 0) is 0 Å². The van der Waals surface area contributed by atoms with Crippen LogP contribution in [0.4, 0.5) is 10.3 Å². The Bertz CT molecular complexity index is 1280. The van der Waals surface area contributed by atoms with Gasteiger partial charge in [-0.3, -0.25) is 15.1 Å². The van der Waals surface area contributed by atoms with Gasteiger partial charge in [-0.2, -0.15) is 0 Å². The summed E-state index contributed by atoms with van der Waals surface area (Å²) in [6.45, 7) is 0. The number of aliphatic hydroxyl groups excluding tert-OH is 1. The van der Waals surface area contributed by atoms with E-state index in [9.17, 15) is 14.3 Å². The molecule has 4 aromatic rings. The van der Waals surface area contributed by atoms with Gasteiger partial charge in [-0.15, -0.1) is 0 Å². The van der Waals surface area contributed by atoms with E-state index in [0.717, 1.165) is 36.7 Å². The number of hydrogen-bond donors (Lipinski definition) is 2. The van der Waals surface area contributed by atoms with Crippen LogP contribution in [0.25, 0.3) is 22.3 Å². The fourth-order valence-corrected chi connectivity index (χ4v) is 4.37. The maximum absolute atomic E-state index is 13.6. The number of carbonyl (C=O) groups is 1. The molecule has 0 radical (unpaired) electrons. The first kappa shape index (κ1) is 20.3. The van der Waals surface area contributed by atoms with E-state index >= 15 is 0 Å². The molecule has 5 rings (SSSR count). The summed E-state index contributed by atoms with van der Waals surface area (Å²) < 4.78 is 15.7. The largest absolute Gasteiger partial charge is 0.393 e. The second-order valence-electron chi connectivity index (χ2n) is 8.15. The van der Waals surface area contributed by atoms with E-state index in [1.165, 1.54) is 12.1 Å². The monoisotopic (exact) mass is 430 g/mol. The minimum Gasteiger partial charge on any atom is -0.393 e. The fourth-order valence-electron chi connectivity index (χ4n) is 4.37. The van der Waals surface area contributed by atoms with E-state index in [0.29, 0.717) is 22.8 Å². The molecule has 0 unspecified atom stereocenters. The second-order valence-corrected chi connectivity index (χ2v) is 8.15. The van der Waals surface area contributed by atoms with Crippen LogP contribution in [0.1, 0.15) is 42.1 Å². The van der Waals surface area contributed by atoms with Gasteiger partial charge in [-0.05, 0) is 62.1 Å². The van der Waals surface area contributed by atoms with Gasteiger partial charge in [0.1, 0.15) is 5.82 Å². The number of nitrogens with zero attached hydrogens (tertiary/aromatic N) is 3. The summed E-state index contributed by atoms with van der Waals surface area (Å²) in [4.78, 5) is 22.1. The highest BCUT2D eigenvalue weighted by Crippen LogP contribution is 2.34. The zero-order chi connectivity index (χ0) is 22.1. The highest BCUT2D eigenvalue weighted by Gasteiger charge is 2.25. The lowest BCUT2D eigenvalue weighted by molar-refractivity contribution is 0.102. The van der Waals surface area contributed by atoms with Crippen LogP contribution in [0.2, 0.25) is 0 Å². The van der Waals surface area contributed by atoms with Gasteiger partial charge in [-0.1, -0.05) is 24.3 Å². The highest BCUT2D eigenvalue weighted by molar-refractivity contribution is 6.04. The summed E-state index contributed by atoms with van der Waals surface area (Å²) in [6, 6.07) is 17.4. The van der Waals surface area contributed by atoms with Crippen molar-refractivity contribution in [1.29, 1.82) is 0 Å². The molecule has 1 fully saturated rings. The number of halogens is 1. The van der Waals surface area contributed by atoms with Crippen molar-refractivity contribution < 1.29 is 14.3 Å². The van der Waals surface area contributed by atoms with E-state index in [1.54, 1.807) is 30.5 Å². The predicted octanol–water partition coefficient (Wildman–Crippen LogP) is 4.97. The molecule has 0 saturated heterocycles. The van der Waals surface area contributed by atoms with Crippen molar-refractivity contribution in [2.45, 2.75) is 37.8 Å². The molecular formula is C25H23FN4O2. The number of nitrogens with one attached hydrogen (secondary N) is 1. The average molecular weight is 430 g/mol.